The maximum absolute atomic E-state index is 10.6. The SMILES string of the molecule is CC(NC1CCC(C)(C)C1)C(=O)O. The van der Waals surface area contributed by atoms with E-state index in [-0.39, 0.29) is 0 Å². The zero-order valence-electron chi connectivity index (χ0n) is 8.63. The molecule has 0 spiro atoms. The zero-order valence-corrected chi connectivity index (χ0v) is 8.63. The van der Waals surface area contributed by atoms with Gasteiger partial charge in [-0.1, -0.05) is 13.8 Å². The third-order valence-electron chi connectivity index (χ3n) is 2.82. The lowest BCUT2D eigenvalue weighted by atomic mass is 9.92. The fraction of sp³-hybridized carbons (Fsp3) is 0.900. The van der Waals surface area contributed by atoms with Crippen molar-refractivity contribution < 1.29 is 9.90 Å². The Kier molecular flexibility index (Phi) is 2.96. The van der Waals surface area contributed by atoms with Gasteiger partial charge in [0.2, 0.25) is 0 Å². The topological polar surface area (TPSA) is 49.3 Å². The fourth-order valence-electron chi connectivity index (χ4n) is 2.00. The molecule has 13 heavy (non-hydrogen) atoms. The second-order valence-electron chi connectivity index (χ2n) is 4.83. The van der Waals surface area contributed by atoms with E-state index in [0.29, 0.717) is 11.5 Å². The van der Waals surface area contributed by atoms with Crippen LogP contribution in [0.2, 0.25) is 0 Å². The van der Waals surface area contributed by atoms with Gasteiger partial charge in [0.1, 0.15) is 6.04 Å². The van der Waals surface area contributed by atoms with Crippen molar-refractivity contribution in [3.05, 3.63) is 0 Å². The number of rotatable bonds is 3. The van der Waals surface area contributed by atoms with Crippen molar-refractivity contribution >= 4 is 5.97 Å². The molecule has 0 aliphatic heterocycles. The molecule has 0 bridgehead atoms. The Morgan fingerprint density at radius 3 is 2.62 bits per heavy atom. The van der Waals surface area contributed by atoms with Crippen LogP contribution in [0.4, 0.5) is 0 Å². The van der Waals surface area contributed by atoms with Gasteiger partial charge in [0, 0.05) is 6.04 Å². The fourth-order valence-corrected chi connectivity index (χ4v) is 2.00. The Labute approximate surface area is 79.5 Å². The molecule has 3 heteroatoms. The summed E-state index contributed by atoms with van der Waals surface area (Å²) < 4.78 is 0. The van der Waals surface area contributed by atoms with Gasteiger partial charge in [0.25, 0.3) is 0 Å². The summed E-state index contributed by atoms with van der Waals surface area (Å²) in [6, 6.07) is -0.0278. The van der Waals surface area contributed by atoms with E-state index >= 15 is 0 Å². The highest BCUT2D eigenvalue weighted by Crippen LogP contribution is 2.36. The number of aliphatic carboxylic acids is 1. The van der Waals surface area contributed by atoms with Crippen molar-refractivity contribution in [2.75, 3.05) is 0 Å². The van der Waals surface area contributed by atoms with Crippen molar-refractivity contribution in [3.8, 4) is 0 Å². The van der Waals surface area contributed by atoms with E-state index in [1.54, 1.807) is 6.92 Å². The van der Waals surface area contributed by atoms with Gasteiger partial charge in [-0.3, -0.25) is 4.79 Å². The first-order valence-electron chi connectivity index (χ1n) is 4.89. The van der Waals surface area contributed by atoms with Crippen LogP contribution in [0.5, 0.6) is 0 Å². The molecule has 0 saturated heterocycles. The minimum atomic E-state index is -0.760. The Hall–Kier alpha value is -0.570. The number of nitrogens with one attached hydrogen (secondary N) is 1. The van der Waals surface area contributed by atoms with Crippen molar-refractivity contribution in [1.29, 1.82) is 0 Å². The zero-order chi connectivity index (χ0) is 10.1. The van der Waals surface area contributed by atoms with E-state index in [2.05, 4.69) is 19.2 Å². The molecule has 2 atom stereocenters. The first kappa shape index (κ1) is 10.5. The second kappa shape index (κ2) is 3.66. The van der Waals surface area contributed by atoms with Gasteiger partial charge in [0.15, 0.2) is 0 Å². The Balaban J connectivity index is 2.36. The van der Waals surface area contributed by atoms with Crippen LogP contribution >= 0.6 is 0 Å². The van der Waals surface area contributed by atoms with Crippen molar-refractivity contribution in [2.24, 2.45) is 5.41 Å². The summed E-state index contributed by atoms with van der Waals surface area (Å²) in [5.74, 6) is -0.760. The number of carboxylic acids is 1. The monoisotopic (exact) mass is 185 g/mol. The molecule has 0 amide bonds. The van der Waals surface area contributed by atoms with Gasteiger partial charge >= 0.3 is 5.97 Å². The highest BCUT2D eigenvalue weighted by Gasteiger charge is 2.32. The highest BCUT2D eigenvalue weighted by atomic mass is 16.4. The summed E-state index contributed by atoms with van der Waals surface area (Å²) in [7, 11) is 0. The van der Waals surface area contributed by atoms with Crippen LogP contribution < -0.4 is 5.32 Å². The standard InChI is InChI=1S/C10H19NO2/c1-7(9(12)13)11-8-4-5-10(2,3)6-8/h7-8,11H,4-6H2,1-3H3,(H,12,13). The predicted octanol–water partition coefficient (Wildman–Crippen LogP) is 1.63. The van der Waals surface area contributed by atoms with Crippen molar-refractivity contribution in [2.45, 2.75) is 52.1 Å². The molecular weight excluding hydrogens is 166 g/mol. The summed E-state index contributed by atoms with van der Waals surface area (Å²) >= 11 is 0. The molecule has 0 heterocycles. The lowest BCUT2D eigenvalue weighted by molar-refractivity contribution is -0.139. The maximum atomic E-state index is 10.6. The summed E-state index contributed by atoms with van der Waals surface area (Å²) in [4.78, 5) is 10.6. The molecule has 0 radical (unpaired) electrons. The Morgan fingerprint density at radius 1 is 1.62 bits per heavy atom. The predicted molar refractivity (Wildman–Crippen MR) is 51.7 cm³/mol. The molecule has 1 aliphatic rings. The number of carboxylic acid groups (broad SMARTS) is 1. The Morgan fingerprint density at radius 2 is 2.23 bits per heavy atom. The first-order valence-corrected chi connectivity index (χ1v) is 4.89. The molecule has 0 aromatic rings. The second-order valence-corrected chi connectivity index (χ2v) is 4.83. The summed E-state index contributed by atoms with van der Waals surface area (Å²) in [5.41, 5.74) is 0.385. The summed E-state index contributed by atoms with van der Waals surface area (Å²) in [6.45, 7) is 6.17. The lowest BCUT2D eigenvalue weighted by Crippen LogP contribution is -2.40. The van der Waals surface area contributed by atoms with E-state index in [4.69, 9.17) is 5.11 Å². The van der Waals surface area contributed by atoms with Crippen LogP contribution in [0, 0.1) is 5.41 Å². The van der Waals surface area contributed by atoms with E-state index in [1.807, 2.05) is 0 Å². The van der Waals surface area contributed by atoms with E-state index < -0.39 is 12.0 Å². The third-order valence-corrected chi connectivity index (χ3v) is 2.82. The lowest BCUT2D eigenvalue weighted by Gasteiger charge is -2.19. The largest absolute Gasteiger partial charge is 0.480 e. The number of carbonyl (C=O) groups is 1. The minimum Gasteiger partial charge on any atom is -0.480 e. The van der Waals surface area contributed by atoms with E-state index in [0.717, 1.165) is 12.8 Å². The van der Waals surface area contributed by atoms with Crippen LogP contribution in [-0.2, 0) is 4.79 Å². The van der Waals surface area contributed by atoms with Crippen LogP contribution in [-0.4, -0.2) is 23.2 Å². The van der Waals surface area contributed by atoms with Gasteiger partial charge in [-0.2, -0.15) is 0 Å². The molecule has 1 saturated carbocycles. The van der Waals surface area contributed by atoms with Crippen molar-refractivity contribution in [3.63, 3.8) is 0 Å². The van der Waals surface area contributed by atoms with E-state index in [1.165, 1.54) is 6.42 Å². The molecule has 0 aromatic carbocycles. The van der Waals surface area contributed by atoms with Crippen molar-refractivity contribution in [1.82, 2.24) is 5.32 Å². The molecule has 76 valence electrons. The maximum Gasteiger partial charge on any atom is 0.320 e. The molecule has 2 unspecified atom stereocenters. The van der Waals surface area contributed by atoms with E-state index in [9.17, 15) is 4.79 Å². The minimum absolute atomic E-state index is 0.385. The quantitative estimate of drug-likeness (QED) is 0.702. The first-order chi connectivity index (χ1) is 5.91. The number of hydrogen-bond donors (Lipinski definition) is 2. The normalized spacial score (nSPS) is 28.7. The van der Waals surface area contributed by atoms with Gasteiger partial charge in [0.05, 0.1) is 0 Å². The van der Waals surface area contributed by atoms with Gasteiger partial charge in [-0.05, 0) is 31.6 Å². The smallest absolute Gasteiger partial charge is 0.320 e. The van der Waals surface area contributed by atoms with Gasteiger partial charge in [-0.25, -0.2) is 0 Å². The molecule has 0 aromatic heterocycles. The van der Waals surface area contributed by atoms with Crippen LogP contribution in [0.1, 0.15) is 40.0 Å². The molecule has 1 fully saturated rings. The molecule has 1 aliphatic carbocycles. The van der Waals surface area contributed by atoms with Gasteiger partial charge in [-0.15, -0.1) is 0 Å². The Bertz CT molecular complexity index is 201. The highest BCUT2D eigenvalue weighted by molar-refractivity contribution is 5.72. The van der Waals surface area contributed by atoms with Crippen LogP contribution in [0.3, 0.4) is 0 Å². The molecule has 1 rings (SSSR count). The molecule has 3 nitrogen and oxygen atoms in total. The molecule has 2 N–H and O–H groups in total. The average molecular weight is 185 g/mol. The molecular formula is C10H19NO2. The van der Waals surface area contributed by atoms with Crippen LogP contribution in [0.15, 0.2) is 0 Å². The summed E-state index contributed by atoms with van der Waals surface area (Å²) in [6.07, 6.45) is 3.38. The summed E-state index contributed by atoms with van der Waals surface area (Å²) in [5, 5.41) is 11.8. The third kappa shape index (κ3) is 2.99. The van der Waals surface area contributed by atoms with Gasteiger partial charge < -0.3 is 10.4 Å². The number of hydrogen-bond acceptors (Lipinski definition) is 2. The average Bonchev–Trinajstić information content (AvgIpc) is 2.30. The van der Waals surface area contributed by atoms with Crippen LogP contribution in [0.25, 0.3) is 0 Å².